The Morgan fingerprint density at radius 2 is 1.52 bits per heavy atom. The molecule has 0 fully saturated rings. The van der Waals surface area contributed by atoms with Gasteiger partial charge in [0.15, 0.2) is 0 Å². The van der Waals surface area contributed by atoms with Crippen LogP contribution in [0, 0.1) is 11.8 Å². The van der Waals surface area contributed by atoms with Crippen LogP contribution in [0.3, 0.4) is 0 Å². The first-order valence-corrected chi connectivity index (χ1v) is 9.60. The van der Waals surface area contributed by atoms with Crippen LogP contribution >= 0.6 is 0 Å². The molecule has 2 heteroatoms. The molecule has 0 unspecified atom stereocenters. The Balaban J connectivity index is 3.27. The van der Waals surface area contributed by atoms with E-state index in [1.807, 2.05) is 19.1 Å². The normalized spacial score (nSPS) is 10.5. The predicted octanol–water partition coefficient (Wildman–Crippen LogP) is 6.20. The molecule has 0 spiro atoms. The third-order valence-electron chi connectivity index (χ3n) is 3.78. The van der Waals surface area contributed by atoms with Gasteiger partial charge in [-0.3, -0.25) is 4.79 Å². The Morgan fingerprint density at radius 1 is 0.913 bits per heavy atom. The summed E-state index contributed by atoms with van der Waals surface area (Å²) >= 11 is 0. The average molecular weight is 321 g/mol. The molecule has 0 radical (unpaired) electrons. The highest BCUT2D eigenvalue weighted by molar-refractivity contribution is 5.69. The van der Waals surface area contributed by atoms with Gasteiger partial charge in [0.05, 0.1) is 6.61 Å². The fourth-order valence-corrected chi connectivity index (χ4v) is 2.41. The zero-order chi connectivity index (χ0) is 17.0. The lowest BCUT2D eigenvalue weighted by atomic mass is 10.1. The lowest BCUT2D eigenvalue weighted by molar-refractivity contribution is -0.142. The van der Waals surface area contributed by atoms with Crippen molar-refractivity contribution < 1.29 is 9.53 Å². The van der Waals surface area contributed by atoms with Gasteiger partial charge in [-0.2, -0.15) is 0 Å². The molecule has 0 aromatic heterocycles. The molecule has 0 N–H and O–H groups in total. The lowest BCUT2D eigenvalue weighted by Crippen LogP contribution is -2.02. The number of carbonyl (C=O) groups excluding carboxylic acids is 1. The molecule has 2 nitrogen and oxygen atoms in total. The summed E-state index contributed by atoms with van der Waals surface area (Å²) in [6.45, 7) is 4.55. The molecule has 0 aliphatic rings. The van der Waals surface area contributed by atoms with E-state index in [9.17, 15) is 4.79 Å². The molecule has 0 heterocycles. The van der Waals surface area contributed by atoms with Crippen molar-refractivity contribution in [3.63, 3.8) is 0 Å². The Hall–Kier alpha value is -1.23. The Labute approximate surface area is 144 Å². The fourth-order valence-electron chi connectivity index (χ4n) is 2.41. The van der Waals surface area contributed by atoms with Crippen LogP contribution in [0.15, 0.2) is 12.2 Å². The van der Waals surface area contributed by atoms with E-state index in [-0.39, 0.29) is 5.97 Å². The monoisotopic (exact) mass is 320 g/mol. The van der Waals surface area contributed by atoms with Crippen LogP contribution in [0.1, 0.15) is 97.3 Å². The van der Waals surface area contributed by atoms with Gasteiger partial charge in [0.25, 0.3) is 0 Å². The number of ether oxygens (including phenoxy) is 1. The maximum atomic E-state index is 11.1. The van der Waals surface area contributed by atoms with Crippen molar-refractivity contribution in [2.75, 3.05) is 6.61 Å². The smallest absolute Gasteiger partial charge is 0.306 e. The largest absolute Gasteiger partial charge is 0.466 e. The Morgan fingerprint density at radius 3 is 2.13 bits per heavy atom. The van der Waals surface area contributed by atoms with E-state index in [2.05, 4.69) is 18.8 Å². The first-order chi connectivity index (χ1) is 11.3. The Kier molecular flexibility index (Phi) is 17.8. The van der Waals surface area contributed by atoms with Crippen molar-refractivity contribution in [3.8, 4) is 11.8 Å². The summed E-state index contributed by atoms with van der Waals surface area (Å²) in [6.07, 6.45) is 19.6. The molecule has 132 valence electrons. The second-order valence-corrected chi connectivity index (χ2v) is 6.00. The third kappa shape index (κ3) is 18.7. The quantitative estimate of drug-likeness (QED) is 0.216. The zero-order valence-electron chi connectivity index (χ0n) is 15.4. The van der Waals surface area contributed by atoms with Gasteiger partial charge < -0.3 is 4.74 Å². The van der Waals surface area contributed by atoms with Crippen molar-refractivity contribution in [2.24, 2.45) is 0 Å². The summed E-state index contributed by atoms with van der Waals surface area (Å²) < 4.78 is 4.86. The summed E-state index contributed by atoms with van der Waals surface area (Å²) in [5.41, 5.74) is 0. The van der Waals surface area contributed by atoms with Gasteiger partial charge in [-0.1, -0.05) is 82.6 Å². The molecular formula is C21H36O2. The topological polar surface area (TPSA) is 26.3 Å². The van der Waals surface area contributed by atoms with E-state index in [1.54, 1.807) is 0 Å². The van der Waals surface area contributed by atoms with Crippen LogP contribution in [0.25, 0.3) is 0 Å². The second kappa shape index (κ2) is 18.8. The average Bonchev–Trinajstić information content (AvgIpc) is 2.54. The molecular weight excluding hydrogens is 284 g/mol. The maximum Gasteiger partial charge on any atom is 0.306 e. The highest BCUT2D eigenvalue weighted by atomic mass is 16.5. The van der Waals surface area contributed by atoms with Crippen molar-refractivity contribution >= 4 is 5.97 Å². The van der Waals surface area contributed by atoms with Gasteiger partial charge >= 0.3 is 5.97 Å². The summed E-state index contributed by atoms with van der Waals surface area (Å²) in [4.78, 5) is 11.1. The molecule has 0 bridgehead atoms. The van der Waals surface area contributed by atoms with Gasteiger partial charge in [-0.05, 0) is 25.8 Å². The minimum atomic E-state index is -0.129. The first kappa shape index (κ1) is 21.8. The van der Waals surface area contributed by atoms with Crippen LogP contribution in [0.5, 0.6) is 0 Å². The number of carbonyl (C=O) groups is 1. The van der Waals surface area contributed by atoms with Gasteiger partial charge in [0, 0.05) is 12.8 Å². The molecule has 0 aliphatic carbocycles. The predicted molar refractivity (Wildman–Crippen MR) is 99.2 cm³/mol. The van der Waals surface area contributed by atoms with E-state index in [0.29, 0.717) is 19.4 Å². The van der Waals surface area contributed by atoms with Crippen LogP contribution < -0.4 is 0 Å². The summed E-state index contributed by atoms with van der Waals surface area (Å²) in [6, 6.07) is 0. The zero-order valence-corrected chi connectivity index (χ0v) is 15.4. The lowest BCUT2D eigenvalue weighted by Gasteiger charge is -2.00. The number of rotatable bonds is 14. The van der Waals surface area contributed by atoms with Crippen LogP contribution in [0.2, 0.25) is 0 Å². The second-order valence-electron chi connectivity index (χ2n) is 6.00. The summed E-state index contributed by atoms with van der Waals surface area (Å²) in [5, 5.41) is 0. The molecule has 0 aliphatic heterocycles. The standard InChI is InChI=1S/C21H36O2/c1-3-5-6-7-8-9-10-11-12-13-14-15-16-17-18-19-20-21(22)23-4-2/h17-18H,3-14,19-20H2,1-2H3/b18-17+. The minimum Gasteiger partial charge on any atom is -0.466 e. The van der Waals surface area contributed by atoms with Gasteiger partial charge in [-0.15, -0.1) is 0 Å². The molecule has 0 rings (SSSR count). The molecule has 0 saturated carbocycles. The van der Waals surface area contributed by atoms with E-state index >= 15 is 0 Å². The number of unbranched alkanes of at least 4 members (excludes halogenated alkanes) is 10. The maximum absolute atomic E-state index is 11.1. The molecule has 0 aromatic rings. The summed E-state index contributed by atoms with van der Waals surface area (Å²) in [7, 11) is 0. The summed E-state index contributed by atoms with van der Waals surface area (Å²) in [5.74, 6) is 6.08. The molecule has 0 aromatic carbocycles. The van der Waals surface area contributed by atoms with Crippen LogP contribution in [0.4, 0.5) is 0 Å². The molecule has 0 amide bonds. The third-order valence-corrected chi connectivity index (χ3v) is 3.78. The number of allylic oxidation sites excluding steroid dienone is 2. The van der Waals surface area contributed by atoms with Crippen molar-refractivity contribution in [3.05, 3.63) is 12.2 Å². The van der Waals surface area contributed by atoms with Crippen LogP contribution in [-0.4, -0.2) is 12.6 Å². The Bertz CT molecular complexity index is 347. The van der Waals surface area contributed by atoms with Crippen LogP contribution in [-0.2, 0) is 9.53 Å². The van der Waals surface area contributed by atoms with E-state index < -0.39 is 0 Å². The molecule has 23 heavy (non-hydrogen) atoms. The first-order valence-electron chi connectivity index (χ1n) is 9.60. The minimum absolute atomic E-state index is 0.129. The van der Waals surface area contributed by atoms with E-state index in [4.69, 9.17) is 4.74 Å². The van der Waals surface area contributed by atoms with Gasteiger partial charge in [-0.25, -0.2) is 0 Å². The van der Waals surface area contributed by atoms with Crippen molar-refractivity contribution in [1.82, 2.24) is 0 Å². The van der Waals surface area contributed by atoms with E-state index in [0.717, 1.165) is 6.42 Å². The number of hydrogen-bond acceptors (Lipinski definition) is 2. The number of hydrogen-bond donors (Lipinski definition) is 0. The van der Waals surface area contributed by atoms with Gasteiger partial charge in [0.2, 0.25) is 0 Å². The van der Waals surface area contributed by atoms with Gasteiger partial charge in [0.1, 0.15) is 0 Å². The molecule has 0 atom stereocenters. The van der Waals surface area contributed by atoms with Crippen molar-refractivity contribution in [2.45, 2.75) is 97.3 Å². The highest BCUT2D eigenvalue weighted by Gasteiger charge is 1.97. The number of esters is 1. The highest BCUT2D eigenvalue weighted by Crippen LogP contribution is 2.10. The van der Waals surface area contributed by atoms with Crippen molar-refractivity contribution in [1.29, 1.82) is 0 Å². The SMILES string of the molecule is CCCCCCCCCCCCC#C/C=C/CCC(=O)OCC. The fraction of sp³-hybridized carbons (Fsp3) is 0.762. The van der Waals surface area contributed by atoms with E-state index in [1.165, 1.54) is 64.2 Å². The molecule has 0 saturated heterocycles.